The summed E-state index contributed by atoms with van der Waals surface area (Å²) in [5.41, 5.74) is 1.01. The summed E-state index contributed by atoms with van der Waals surface area (Å²) in [6, 6.07) is 6.63. The lowest BCUT2D eigenvalue weighted by atomic mass is 9.51. The van der Waals surface area contributed by atoms with Crippen molar-refractivity contribution in [2.45, 2.75) is 45.1 Å². The lowest BCUT2D eigenvalue weighted by molar-refractivity contribution is -0.138. The van der Waals surface area contributed by atoms with Crippen LogP contribution in [0.3, 0.4) is 0 Å². The Morgan fingerprint density at radius 3 is 2.20 bits per heavy atom. The summed E-state index contributed by atoms with van der Waals surface area (Å²) in [6.45, 7) is -2.21. The van der Waals surface area contributed by atoms with Crippen molar-refractivity contribution in [3.05, 3.63) is 29.8 Å². The average molecular weight is 349 g/mol. The van der Waals surface area contributed by atoms with Crippen LogP contribution in [0, 0.1) is 29.6 Å². The van der Waals surface area contributed by atoms with Gasteiger partial charge in [-0.3, -0.25) is 4.79 Å². The van der Waals surface area contributed by atoms with Crippen LogP contribution in [-0.2, 0) is 11.2 Å². The van der Waals surface area contributed by atoms with E-state index in [4.69, 9.17) is 0 Å². The zero-order chi connectivity index (χ0) is 17.4. The highest BCUT2D eigenvalue weighted by Gasteiger charge is 2.50. The SMILES string of the molecule is O=C(NCCc1ccc(OC(F)F)cc1)C1C2CC3CC(C2)CC1C3. The van der Waals surface area contributed by atoms with Crippen molar-refractivity contribution < 1.29 is 18.3 Å². The smallest absolute Gasteiger partial charge is 0.387 e. The zero-order valence-corrected chi connectivity index (χ0v) is 14.3. The number of nitrogens with one attached hydrogen (secondary N) is 1. The van der Waals surface area contributed by atoms with Gasteiger partial charge in [0.25, 0.3) is 0 Å². The second kappa shape index (κ2) is 6.93. The summed E-state index contributed by atoms with van der Waals surface area (Å²) in [5.74, 6) is 3.56. The van der Waals surface area contributed by atoms with Crippen molar-refractivity contribution in [2.75, 3.05) is 6.54 Å². The number of halogens is 2. The molecule has 4 bridgehead atoms. The van der Waals surface area contributed by atoms with Crippen molar-refractivity contribution >= 4 is 5.91 Å². The molecular formula is C20H25F2NO2. The van der Waals surface area contributed by atoms with Gasteiger partial charge in [0, 0.05) is 12.5 Å². The van der Waals surface area contributed by atoms with E-state index >= 15 is 0 Å². The molecule has 0 spiro atoms. The monoisotopic (exact) mass is 349 g/mol. The Hall–Kier alpha value is -1.65. The summed E-state index contributed by atoms with van der Waals surface area (Å²) < 4.78 is 28.6. The van der Waals surface area contributed by atoms with Crippen LogP contribution in [0.1, 0.15) is 37.7 Å². The Labute approximate surface area is 147 Å². The van der Waals surface area contributed by atoms with Gasteiger partial charge in [-0.1, -0.05) is 12.1 Å². The maximum atomic E-state index is 12.7. The van der Waals surface area contributed by atoms with Crippen LogP contribution in [0.5, 0.6) is 5.75 Å². The van der Waals surface area contributed by atoms with Crippen molar-refractivity contribution in [1.29, 1.82) is 0 Å². The topological polar surface area (TPSA) is 38.3 Å². The van der Waals surface area contributed by atoms with Gasteiger partial charge in [0.2, 0.25) is 5.91 Å². The van der Waals surface area contributed by atoms with Crippen LogP contribution in [0.25, 0.3) is 0 Å². The minimum atomic E-state index is -2.80. The van der Waals surface area contributed by atoms with E-state index in [-0.39, 0.29) is 17.6 Å². The summed E-state index contributed by atoms with van der Waals surface area (Å²) in [4.78, 5) is 12.7. The number of rotatable bonds is 6. The fourth-order valence-electron chi connectivity index (χ4n) is 5.64. The Bertz CT molecular complexity index is 589. The zero-order valence-electron chi connectivity index (χ0n) is 14.3. The van der Waals surface area contributed by atoms with Crippen LogP contribution in [0.4, 0.5) is 8.78 Å². The second-order valence-electron chi connectivity index (χ2n) is 8.02. The Kier molecular flexibility index (Phi) is 4.65. The molecule has 1 amide bonds. The van der Waals surface area contributed by atoms with Gasteiger partial charge in [-0.2, -0.15) is 8.78 Å². The number of amides is 1. The van der Waals surface area contributed by atoms with Gasteiger partial charge >= 0.3 is 6.61 Å². The molecule has 5 rings (SSSR count). The standard InChI is InChI=1S/C20H25F2NO2/c21-20(22)25-17-3-1-12(2-4-17)5-6-23-19(24)18-15-8-13-7-14(10-15)11-16(18)9-13/h1-4,13-16,18,20H,5-11H2,(H,23,24). The third-order valence-corrected chi connectivity index (χ3v) is 6.39. The molecule has 1 aromatic rings. The lowest BCUT2D eigenvalue weighted by Crippen LogP contribution is -2.51. The number of hydrogen-bond acceptors (Lipinski definition) is 2. The van der Waals surface area contributed by atoms with E-state index in [0.29, 0.717) is 24.8 Å². The van der Waals surface area contributed by atoms with Crippen molar-refractivity contribution in [1.82, 2.24) is 5.32 Å². The van der Waals surface area contributed by atoms with E-state index in [0.717, 1.165) is 17.4 Å². The molecule has 0 radical (unpaired) electrons. The molecule has 0 heterocycles. The molecule has 4 aliphatic rings. The Balaban J connectivity index is 1.26. The molecule has 136 valence electrons. The molecule has 0 unspecified atom stereocenters. The Morgan fingerprint density at radius 2 is 1.64 bits per heavy atom. The molecule has 3 nitrogen and oxygen atoms in total. The van der Waals surface area contributed by atoms with E-state index in [1.165, 1.54) is 32.1 Å². The predicted molar refractivity (Wildman–Crippen MR) is 90.3 cm³/mol. The normalized spacial score (nSPS) is 32.8. The first-order valence-corrected chi connectivity index (χ1v) is 9.40. The molecule has 4 saturated carbocycles. The van der Waals surface area contributed by atoms with E-state index < -0.39 is 6.61 Å². The number of ether oxygens (including phenoxy) is 1. The Morgan fingerprint density at radius 1 is 1.04 bits per heavy atom. The van der Waals surface area contributed by atoms with Crippen LogP contribution >= 0.6 is 0 Å². The van der Waals surface area contributed by atoms with Gasteiger partial charge in [-0.05, 0) is 79.9 Å². The molecule has 5 heteroatoms. The highest BCUT2D eigenvalue weighted by molar-refractivity contribution is 5.79. The van der Waals surface area contributed by atoms with E-state index in [1.54, 1.807) is 24.3 Å². The van der Waals surface area contributed by atoms with E-state index in [2.05, 4.69) is 10.1 Å². The first-order valence-electron chi connectivity index (χ1n) is 9.40. The third kappa shape index (κ3) is 3.65. The summed E-state index contributed by atoms with van der Waals surface area (Å²) in [7, 11) is 0. The third-order valence-electron chi connectivity index (χ3n) is 6.39. The molecule has 4 aliphatic carbocycles. The maximum absolute atomic E-state index is 12.7. The average Bonchev–Trinajstić information content (AvgIpc) is 2.55. The first kappa shape index (κ1) is 16.8. The van der Waals surface area contributed by atoms with Gasteiger partial charge in [0.15, 0.2) is 0 Å². The predicted octanol–water partition coefficient (Wildman–Crippen LogP) is 4.02. The van der Waals surface area contributed by atoms with Gasteiger partial charge in [0.05, 0.1) is 0 Å². The highest BCUT2D eigenvalue weighted by atomic mass is 19.3. The first-order chi connectivity index (χ1) is 12.1. The fraction of sp³-hybridized carbons (Fsp3) is 0.650. The molecule has 0 aromatic heterocycles. The summed E-state index contributed by atoms with van der Waals surface area (Å²) in [5, 5.41) is 3.12. The largest absolute Gasteiger partial charge is 0.435 e. The minimum absolute atomic E-state index is 0.163. The van der Waals surface area contributed by atoms with Gasteiger partial charge in [-0.25, -0.2) is 0 Å². The number of alkyl halides is 2. The molecule has 1 N–H and O–H groups in total. The molecule has 0 saturated heterocycles. The maximum Gasteiger partial charge on any atom is 0.387 e. The molecule has 0 aliphatic heterocycles. The van der Waals surface area contributed by atoms with Crippen LogP contribution in [-0.4, -0.2) is 19.1 Å². The highest BCUT2D eigenvalue weighted by Crippen LogP contribution is 2.56. The number of benzene rings is 1. The fourth-order valence-corrected chi connectivity index (χ4v) is 5.64. The van der Waals surface area contributed by atoms with Crippen molar-refractivity contribution in [2.24, 2.45) is 29.6 Å². The van der Waals surface area contributed by atoms with Crippen LogP contribution < -0.4 is 10.1 Å². The molecule has 0 atom stereocenters. The minimum Gasteiger partial charge on any atom is -0.435 e. The van der Waals surface area contributed by atoms with Crippen LogP contribution in [0.15, 0.2) is 24.3 Å². The van der Waals surface area contributed by atoms with Crippen molar-refractivity contribution in [3.8, 4) is 5.75 Å². The lowest BCUT2D eigenvalue weighted by Gasteiger charge is -2.53. The van der Waals surface area contributed by atoms with E-state index in [9.17, 15) is 13.6 Å². The molecule has 4 fully saturated rings. The molecular weight excluding hydrogens is 324 g/mol. The quantitative estimate of drug-likeness (QED) is 0.842. The summed E-state index contributed by atoms with van der Waals surface area (Å²) in [6.07, 6.45) is 7.08. The second-order valence-corrected chi connectivity index (χ2v) is 8.02. The van der Waals surface area contributed by atoms with E-state index in [1.807, 2.05) is 0 Å². The number of hydrogen-bond donors (Lipinski definition) is 1. The van der Waals surface area contributed by atoms with Crippen molar-refractivity contribution in [3.63, 3.8) is 0 Å². The number of carbonyl (C=O) groups is 1. The molecule has 1 aromatic carbocycles. The van der Waals surface area contributed by atoms with Gasteiger partial charge < -0.3 is 10.1 Å². The van der Waals surface area contributed by atoms with Gasteiger partial charge in [0.1, 0.15) is 5.75 Å². The summed E-state index contributed by atoms with van der Waals surface area (Å²) >= 11 is 0. The van der Waals surface area contributed by atoms with Gasteiger partial charge in [-0.15, -0.1) is 0 Å². The number of carbonyl (C=O) groups excluding carboxylic acids is 1. The van der Waals surface area contributed by atoms with Crippen LogP contribution in [0.2, 0.25) is 0 Å². The molecule has 25 heavy (non-hydrogen) atoms.